The Bertz CT molecular complexity index is 1620. The summed E-state index contributed by atoms with van der Waals surface area (Å²) < 4.78 is 36.6. The molecule has 1 fully saturated rings. The number of phenolic OH excluding ortho intramolecular Hbond substituents is 1. The fourth-order valence-electron chi connectivity index (χ4n) is 5.61. The number of benzene rings is 3. The van der Waals surface area contributed by atoms with Crippen LogP contribution in [0.15, 0.2) is 54.6 Å². The maximum absolute atomic E-state index is 14.9. The van der Waals surface area contributed by atoms with Crippen LogP contribution >= 0.6 is 0 Å². The molecule has 0 unspecified atom stereocenters. The molecule has 208 valence electrons. The van der Waals surface area contributed by atoms with Crippen molar-refractivity contribution in [3.8, 4) is 22.6 Å². The number of carboxylic acids is 1. The number of aromatic hydroxyl groups is 1. The summed E-state index contributed by atoms with van der Waals surface area (Å²) in [6.07, 6.45) is 2.39. The summed E-state index contributed by atoms with van der Waals surface area (Å²) in [6.45, 7) is 1.80. The Morgan fingerprint density at radius 3 is 2.27 bits per heavy atom. The molecule has 0 spiro atoms. The Labute approximate surface area is 230 Å². The second-order valence-electron chi connectivity index (χ2n) is 10.6. The molecule has 0 radical (unpaired) electrons. The van der Waals surface area contributed by atoms with E-state index in [1.165, 1.54) is 29.2 Å². The van der Waals surface area contributed by atoms with E-state index in [1.54, 1.807) is 51.4 Å². The average molecular weight is 549 g/mol. The van der Waals surface area contributed by atoms with Gasteiger partial charge in [0.2, 0.25) is 0 Å². The Morgan fingerprint density at radius 2 is 1.70 bits per heavy atom. The second kappa shape index (κ2) is 10.3. The highest BCUT2D eigenvalue weighted by Crippen LogP contribution is 2.54. The van der Waals surface area contributed by atoms with E-state index >= 15 is 0 Å². The molecule has 9 heteroatoms. The minimum absolute atomic E-state index is 0.0903. The van der Waals surface area contributed by atoms with Gasteiger partial charge in [0.25, 0.3) is 0 Å². The van der Waals surface area contributed by atoms with E-state index in [4.69, 9.17) is 4.74 Å². The molecule has 4 aromatic rings. The fourth-order valence-corrected chi connectivity index (χ4v) is 5.61. The number of aryl methyl sites for hydroxylation is 1. The van der Waals surface area contributed by atoms with Crippen LogP contribution in [0.1, 0.15) is 47.3 Å². The molecule has 1 amide bonds. The van der Waals surface area contributed by atoms with E-state index in [0.717, 1.165) is 25.0 Å². The number of phenols is 1. The van der Waals surface area contributed by atoms with Crippen LogP contribution in [0.3, 0.4) is 0 Å². The van der Waals surface area contributed by atoms with Crippen LogP contribution in [0.25, 0.3) is 27.7 Å². The fraction of sp³-hybridized carbons (Fsp3) is 0.290. The number of halogens is 2. The van der Waals surface area contributed by atoms with Gasteiger partial charge in [-0.05, 0) is 79.8 Å². The van der Waals surface area contributed by atoms with Crippen LogP contribution in [-0.4, -0.2) is 52.4 Å². The average Bonchev–Trinajstić information content (AvgIpc) is 3.25. The Balaban J connectivity index is 1.82. The summed E-state index contributed by atoms with van der Waals surface area (Å²) in [7, 11) is 3.21. The molecule has 1 aliphatic carbocycles. The number of carboxylic acid groups (broad SMARTS) is 1. The Kier molecular flexibility index (Phi) is 6.99. The van der Waals surface area contributed by atoms with Gasteiger partial charge in [0.1, 0.15) is 5.82 Å². The molecule has 0 saturated heterocycles. The van der Waals surface area contributed by atoms with Crippen molar-refractivity contribution in [1.29, 1.82) is 0 Å². The van der Waals surface area contributed by atoms with Crippen molar-refractivity contribution >= 4 is 23.0 Å². The van der Waals surface area contributed by atoms with E-state index in [9.17, 15) is 28.6 Å². The minimum atomic E-state index is -1.08. The maximum atomic E-state index is 14.9. The van der Waals surface area contributed by atoms with Crippen molar-refractivity contribution in [3.63, 3.8) is 0 Å². The summed E-state index contributed by atoms with van der Waals surface area (Å²) in [5.74, 6) is -2.77. The first-order valence-electron chi connectivity index (χ1n) is 13.0. The number of carbonyl (C=O) groups excluding carboxylic acids is 1. The monoisotopic (exact) mass is 548 g/mol. The molecular formula is C31H30F2N2O5. The Morgan fingerprint density at radius 1 is 1.02 bits per heavy atom. The summed E-state index contributed by atoms with van der Waals surface area (Å²) in [6, 6.07) is 13.7. The lowest BCUT2D eigenvalue weighted by Crippen LogP contribution is -2.38. The number of aromatic nitrogens is 1. The molecule has 1 aliphatic rings. The van der Waals surface area contributed by atoms with Crippen LogP contribution in [0.5, 0.6) is 5.75 Å². The molecule has 1 heterocycles. The smallest absolute Gasteiger partial charge is 0.409 e. The van der Waals surface area contributed by atoms with Gasteiger partial charge in [-0.2, -0.15) is 0 Å². The summed E-state index contributed by atoms with van der Waals surface area (Å²) in [4.78, 5) is 25.1. The number of aromatic carboxylic acids is 1. The molecule has 3 aromatic carbocycles. The van der Waals surface area contributed by atoms with E-state index in [1.807, 2.05) is 4.57 Å². The Hall–Kier alpha value is -4.40. The van der Waals surface area contributed by atoms with Crippen molar-refractivity contribution in [1.82, 2.24) is 9.47 Å². The first-order valence-corrected chi connectivity index (χ1v) is 13.0. The quantitative estimate of drug-likeness (QED) is 0.265. The zero-order chi connectivity index (χ0) is 28.8. The molecule has 0 aliphatic heterocycles. The highest BCUT2D eigenvalue weighted by molar-refractivity contribution is 6.04. The SMILES string of the molecule is Cc1cc(-n2c(C3(CCOC(=O)N(C)C)CCC3)c(-c3ccc(C(=O)O)cc3)c3c(O)c(F)ccc32)ccc1F. The third-order valence-electron chi connectivity index (χ3n) is 7.86. The summed E-state index contributed by atoms with van der Waals surface area (Å²) >= 11 is 0. The highest BCUT2D eigenvalue weighted by atomic mass is 19.1. The molecule has 7 nitrogen and oxygen atoms in total. The number of carbonyl (C=O) groups is 2. The van der Waals surface area contributed by atoms with Crippen molar-refractivity contribution in [2.24, 2.45) is 0 Å². The number of ether oxygens (including phenoxy) is 1. The first kappa shape index (κ1) is 27.2. The number of fused-ring (bicyclic) bond motifs is 1. The summed E-state index contributed by atoms with van der Waals surface area (Å²) in [5, 5.41) is 20.8. The van der Waals surface area contributed by atoms with Crippen LogP contribution in [-0.2, 0) is 10.2 Å². The lowest BCUT2D eigenvalue weighted by atomic mass is 9.63. The van der Waals surface area contributed by atoms with Crippen molar-refractivity contribution in [2.45, 2.75) is 38.0 Å². The van der Waals surface area contributed by atoms with Gasteiger partial charge in [0.05, 0.1) is 23.1 Å². The maximum Gasteiger partial charge on any atom is 0.409 e. The van der Waals surface area contributed by atoms with Gasteiger partial charge >= 0.3 is 12.1 Å². The van der Waals surface area contributed by atoms with Crippen LogP contribution in [0, 0.1) is 18.6 Å². The van der Waals surface area contributed by atoms with Crippen LogP contribution in [0.2, 0.25) is 0 Å². The third-order valence-corrected chi connectivity index (χ3v) is 7.86. The molecule has 1 aromatic heterocycles. The zero-order valence-corrected chi connectivity index (χ0v) is 22.5. The number of amides is 1. The van der Waals surface area contributed by atoms with E-state index in [0.29, 0.717) is 34.3 Å². The minimum Gasteiger partial charge on any atom is -0.504 e. The van der Waals surface area contributed by atoms with Gasteiger partial charge in [0.15, 0.2) is 11.6 Å². The molecule has 2 N–H and O–H groups in total. The first-order chi connectivity index (χ1) is 19.0. The largest absolute Gasteiger partial charge is 0.504 e. The predicted octanol–water partition coefficient (Wildman–Crippen LogP) is 6.80. The molecule has 40 heavy (non-hydrogen) atoms. The molecule has 0 bridgehead atoms. The highest BCUT2D eigenvalue weighted by Gasteiger charge is 2.44. The van der Waals surface area contributed by atoms with E-state index in [2.05, 4.69) is 0 Å². The second-order valence-corrected chi connectivity index (χ2v) is 10.6. The number of rotatable bonds is 7. The van der Waals surface area contributed by atoms with Crippen molar-refractivity contribution < 1.29 is 33.3 Å². The molecule has 5 rings (SSSR count). The van der Waals surface area contributed by atoms with Gasteiger partial charge in [-0.1, -0.05) is 18.6 Å². The lowest BCUT2D eigenvalue weighted by molar-refractivity contribution is 0.0696. The van der Waals surface area contributed by atoms with Gasteiger partial charge in [0, 0.05) is 36.5 Å². The molecule has 1 saturated carbocycles. The zero-order valence-electron chi connectivity index (χ0n) is 22.5. The van der Waals surface area contributed by atoms with Gasteiger partial charge in [-0.25, -0.2) is 18.4 Å². The van der Waals surface area contributed by atoms with Crippen LogP contribution in [0.4, 0.5) is 13.6 Å². The normalized spacial score (nSPS) is 14.1. The number of nitrogens with zero attached hydrogens (tertiary/aromatic N) is 2. The van der Waals surface area contributed by atoms with Crippen LogP contribution < -0.4 is 0 Å². The predicted molar refractivity (Wildman–Crippen MR) is 147 cm³/mol. The van der Waals surface area contributed by atoms with Gasteiger partial charge < -0.3 is 24.4 Å². The van der Waals surface area contributed by atoms with Crippen molar-refractivity contribution in [2.75, 3.05) is 20.7 Å². The standard InChI is InChI=1S/C31H30F2N2O5/c1-18-17-21(9-10-22(18)32)35-24-12-11-23(33)27(36)26(24)25(19-5-7-20(8-6-19)29(37)38)28(35)31(13-4-14-31)15-16-40-30(39)34(2)3/h5-12,17,36H,4,13-16H2,1-3H3,(H,37,38). The molecular weight excluding hydrogens is 518 g/mol. The topological polar surface area (TPSA) is 92.0 Å². The molecule has 0 atom stereocenters. The summed E-state index contributed by atoms with van der Waals surface area (Å²) in [5.41, 5.74) is 3.08. The van der Waals surface area contributed by atoms with Gasteiger partial charge in [-0.3, -0.25) is 0 Å². The van der Waals surface area contributed by atoms with Crippen molar-refractivity contribution in [3.05, 3.63) is 83.1 Å². The van der Waals surface area contributed by atoms with E-state index < -0.39 is 29.0 Å². The van der Waals surface area contributed by atoms with E-state index in [-0.39, 0.29) is 23.4 Å². The number of hydrogen-bond acceptors (Lipinski definition) is 4. The third kappa shape index (κ3) is 4.55. The number of hydrogen-bond donors (Lipinski definition) is 2. The van der Waals surface area contributed by atoms with Gasteiger partial charge in [-0.15, -0.1) is 0 Å². The lowest BCUT2D eigenvalue weighted by Gasteiger charge is -2.43.